The lowest BCUT2D eigenvalue weighted by Gasteiger charge is -2.24. The average Bonchev–Trinajstić information content (AvgIpc) is 2.99. The largest absolute Gasteiger partial charge is 0.495 e. The smallest absolute Gasteiger partial charge is 0.338 e. The van der Waals surface area contributed by atoms with Gasteiger partial charge in [0.05, 0.1) is 18.4 Å². The lowest BCUT2D eigenvalue weighted by molar-refractivity contribution is 0.0691. The summed E-state index contributed by atoms with van der Waals surface area (Å²) < 4.78 is 47.1. The molecule has 0 saturated heterocycles. The van der Waals surface area contributed by atoms with Crippen molar-refractivity contribution < 1.29 is 27.4 Å². The summed E-state index contributed by atoms with van der Waals surface area (Å²) in [6.07, 6.45) is 3.49. The van der Waals surface area contributed by atoms with Crippen molar-refractivity contribution in [2.24, 2.45) is 0 Å². The Kier molecular flexibility index (Phi) is 5.10. The maximum atomic E-state index is 13.8. The van der Waals surface area contributed by atoms with E-state index in [0.29, 0.717) is 0 Å². The fourth-order valence-electron chi connectivity index (χ4n) is 2.64. The van der Waals surface area contributed by atoms with Crippen LogP contribution in [0.25, 0.3) is 0 Å². The number of nitrogens with one attached hydrogen (secondary N) is 1. The van der Waals surface area contributed by atoms with Gasteiger partial charge in [0.1, 0.15) is 11.6 Å². The summed E-state index contributed by atoms with van der Waals surface area (Å²) in [6, 6.07) is 1.66. The van der Waals surface area contributed by atoms with Gasteiger partial charge in [0, 0.05) is 19.2 Å². The number of carbonyl (C=O) groups is 1. The Labute approximate surface area is 134 Å². The number of halogens is 1. The molecule has 0 bridgehead atoms. The highest BCUT2D eigenvalue weighted by atomic mass is 32.2. The molecule has 0 unspecified atom stereocenters. The third-order valence-electron chi connectivity index (χ3n) is 3.98. The van der Waals surface area contributed by atoms with Crippen molar-refractivity contribution in [3.8, 4) is 5.75 Å². The van der Waals surface area contributed by atoms with Gasteiger partial charge >= 0.3 is 16.2 Å². The van der Waals surface area contributed by atoms with Crippen LogP contribution in [0.15, 0.2) is 12.1 Å². The Bertz CT molecular complexity index is 701. The summed E-state index contributed by atoms with van der Waals surface area (Å²) in [6.45, 7) is 0. The molecule has 128 valence electrons. The van der Waals surface area contributed by atoms with Gasteiger partial charge in [0.15, 0.2) is 0 Å². The number of rotatable bonds is 6. The van der Waals surface area contributed by atoms with Crippen molar-refractivity contribution >= 4 is 21.9 Å². The molecule has 0 spiro atoms. The van der Waals surface area contributed by atoms with Crippen LogP contribution in [0.5, 0.6) is 5.75 Å². The standard InChI is InChI=1S/C14H19FN2O5S/c1-17(9-5-3-4-6-9)23(20,21)16-12-8-11(15)10(14(18)19)7-13(12)22-2/h7-9,16H,3-6H2,1-2H3,(H,18,19). The minimum absolute atomic E-state index is 0.0628. The molecule has 9 heteroatoms. The lowest BCUT2D eigenvalue weighted by atomic mass is 10.2. The Morgan fingerprint density at radius 1 is 1.39 bits per heavy atom. The molecule has 2 N–H and O–H groups in total. The first-order valence-electron chi connectivity index (χ1n) is 7.13. The second-order valence-electron chi connectivity index (χ2n) is 5.40. The van der Waals surface area contributed by atoms with Gasteiger partial charge in [-0.1, -0.05) is 12.8 Å². The summed E-state index contributed by atoms with van der Waals surface area (Å²) in [4.78, 5) is 10.9. The van der Waals surface area contributed by atoms with E-state index in [1.54, 1.807) is 0 Å². The second kappa shape index (κ2) is 6.71. The molecule has 0 heterocycles. The summed E-state index contributed by atoms with van der Waals surface area (Å²) in [5.41, 5.74) is -0.728. The van der Waals surface area contributed by atoms with Gasteiger partial charge in [-0.15, -0.1) is 0 Å². The molecule has 23 heavy (non-hydrogen) atoms. The van der Waals surface area contributed by atoms with Gasteiger partial charge in [0.25, 0.3) is 0 Å². The number of aromatic carboxylic acids is 1. The normalized spacial score (nSPS) is 15.8. The predicted octanol–water partition coefficient (Wildman–Crippen LogP) is 2.06. The highest BCUT2D eigenvalue weighted by Crippen LogP contribution is 2.31. The number of hydrogen-bond acceptors (Lipinski definition) is 4. The fourth-order valence-corrected chi connectivity index (χ4v) is 3.83. The molecule has 1 aromatic rings. The van der Waals surface area contributed by atoms with Crippen LogP contribution in [0.4, 0.5) is 10.1 Å². The minimum Gasteiger partial charge on any atom is -0.495 e. The van der Waals surface area contributed by atoms with E-state index in [9.17, 15) is 17.6 Å². The van der Waals surface area contributed by atoms with E-state index >= 15 is 0 Å². The zero-order valence-corrected chi connectivity index (χ0v) is 13.7. The Morgan fingerprint density at radius 2 is 2.00 bits per heavy atom. The van der Waals surface area contributed by atoms with E-state index in [0.717, 1.165) is 37.8 Å². The first-order chi connectivity index (χ1) is 10.8. The van der Waals surface area contributed by atoms with Crippen molar-refractivity contribution in [1.82, 2.24) is 4.31 Å². The van der Waals surface area contributed by atoms with Crippen LogP contribution in [0, 0.1) is 5.82 Å². The molecule has 1 aliphatic rings. The predicted molar refractivity (Wildman–Crippen MR) is 82.5 cm³/mol. The monoisotopic (exact) mass is 346 g/mol. The zero-order chi connectivity index (χ0) is 17.2. The molecule has 1 saturated carbocycles. The molecule has 2 rings (SSSR count). The molecule has 0 atom stereocenters. The number of nitrogens with zero attached hydrogens (tertiary/aromatic N) is 1. The lowest BCUT2D eigenvalue weighted by Crippen LogP contribution is -2.39. The van der Waals surface area contributed by atoms with Crippen LogP contribution in [-0.2, 0) is 10.2 Å². The topological polar surface area (TPSA) is 95.9 Å². The van der Waals surface area contributed by atoms with Crippen LogP contribution < -0.4 is 9.46 Å². The molecule has 7 nitrogen and oxygen atoms in total. The van der Waals surface area contributed by atoms with Crippen LogP contribution in [-0.4, -0.2) is 44.0 Å². The fraction of sp³-hybridized carbons (Fsp3) is 0.500. The molecular formula is C14H19FN2O5S. The number of carboxylic acid groups (broad SMARTS) is 1. The van der Waals surface area contributed by atoms with Gasteiger partial charge < -0.3 is 9.84 Å². The Balaban J connectivity index is 2.31. The SMILES string of the molecule is COc1cc(C(=O)O)c(F)cc1NS(=O)(=O)N(C)C1CCCC1. The summed E-state index contributed by atoms with van der Waals surface area (Å²) in [5.74, 6) is -2.56. The molecule has 0 aromatic heterocycles. The minimum atomic E-state index is -3.89. The Hall–Kier alpha value is -1.87. The van der Waals surface area contributed by atoms with Gasteiger partial charge in [-0.25, -0.2) is 9.18 Å². The number of benzene rings is 1. The van der Waals surface area contributed by atoms with Gasteiger partial charge in [-0.3, -0.25) is 4.72 Å². The van der Waals surface area contributed by atoms with Crippen LogP contribution in [0.2, 0.25) is 0 Å². The molecular weight excluding hydrogens is 327 g/mol. The van der Waals surface area contributed by atoms with Crippen molar-refractivity contribution in [3.63, 3.8) is 0 Å². The van der Waals surface area contributed by atoms with E-state index in [4.69, 9.17) is 9.84 Å². The Morgan fingerprint density at radius 3 is 2.52 bits per heavy atom. The number of carboxylic acids is 1. The summed E-state index contributed by atoms with van der Waals surface area (Å²) in [7, 11) is -1.18. The van der Waals surface area contributed by atoms with E-state index < -0.39 is 27.6 Å². The van der Waals surface area contributed by atoms with Crippen molar-refractivity contribution in [2.45, 2.75) is 31.7 Å². The number of anilines is 1. The number of methoxy groups -OCH3 is 1. The second-order valence-corrected chi connectivity index (χ2v) is 7.13. The maximum absolute atomic E-state index is 13.8. The van der Waals surface area contributed by atoms with Gasteiger partial charge in [0.2, 0.25) is 0 Å². The molecule has 0 aliphatic heterocycles. The van der Waals surface area contributed by atoms with E-state index in [2.05, 4.69) is 4.72 Å². The first-order valence-corrected chi connectivity index (χ1v) is 8.57. The zero-order valence-electron chi connectivity index (χ0n) is 12.9. The number of ether oxygens (including phenoxy) is 1. The quantitative estimate of drug-likeness (QED) is 0.822. The van der Waals surface area contributed by atoms with E-state index in [-0.39, 0.29) is 17.5 Å². The molecule has 1 aliphatic carbocycles. The third-order valence-corrected chi connectivity index (χ3v) is 5.51. The van der Waals surface area contributed by atoms with Crippen molar-refractivity contribution in [2.75, 3.05) is 18.9 Å². The molecule has 1 aromatic carbocycles. The van der Waals surface area contributed by atoms with Gasteiger partial charge in [-0.05, 0) is 18.9 Å². The highest BCUT2D eigenvalue weighted by molar-refractivity contribution is 7.90. The number of hydrogen-bond donors (Lipinski definition) is 2. The molecule has 0 radical (unpaired) electrons. The van der Waals surface area contributed by atoms with Crippen LogP contribution in [0.3, 0.4) is 0 Å². The van der Waals surface area contributed by atoms with Gasteiger partial charge in [-0.2, -0.15) is 12.7 Å². The van der Waals surface area contributed by atoms with Crippen LogP contribution >= 0.6 is 0 Å². The maximum Gasteiger partial charge on any atom is 0.338 e. The summed E-state index contributed by atoms with van der Waals surface area (Å²) in [5, 5.41) is 8.90. The molecule has 0 amide bonds. The van der Waals surface area contributed by atoms with E-state index in [1.165, 1.54) is 18.5 Å². The average molecular weight is 346 g/mol. The third kappa shape index (κ3) is 3.73. The van der Waals surface area contributed by atoms with Crippen molar-refractivity contribution in [1.29, 1.82) is 0 Å². The highest BCUT2D eigenvalue weighted by Gasteiger charge is 2.29. The van der Waals surface area contributed by atoms with Crippen molar-refractivity contribution in [3.05, 3.63) is 23.5 Å². The summed E-state index contributed by atoms with van der Waals surface area (Å²) >= 11 is 0. The van der Waals surface area contributed by atoms with Crippen LogP contribution in [0.1, 0.15) is 36.0 Å². The van der Waals surface area contributed by atoms with E-state index in [1.807, 2.05) is 0 Å². The molecule has 1 fully saturated rings. The first kappa shape index (κ1) is 17.5.